The molecule has 1 aliphatic heterocycles. The molecule has 2 aromatic heterocycles. The van der Waals surface area contributed by atoms with Gasteiger partial charge in [0.15, 0.2) is 0 Å². The van der Waals surface area contributed by atoms with E-state index in [1.807, 2.05) is 6.07 Å². The lowest BCUT2D eigenvalue weighted by atomic mass is 9.95. The van der Waals surface area contributed by atoms with Gasteiger partial charge in [0.25, 0.3) is 5.95 Å². The Labute approximate surface area is 175 Å². The normalized spacial score (nSPS) is 18.1. The second-order valence-corrected chi connectivity index (χ2v) is 10.2. The van der Waals surface area contributed by atoms with Crippen LogP contribution in [0.2, 0.25) is 0 Å². The summed E-state index contributed by atoms with van der Waals surface area (Å²) in [6.45, 7) is 4.32. The van der Waals surface area contributed by atoms with E-state index in [0.29, 0.717) is 24.7 Å². The Kier molecular flexibility index (Phi) is 5.66. The minimum Gasteiger partial charge on any atom is -0.220 e. The third kappa shape index (κ3) is 3.99. The van der Waals surface area contributed by atoms with Gasteiger partial charge in [0.2, 0.25) is 10.0 Å². The van der Waals surface area contributed by atoms with Crippen LogP contribution < -0.4 is 0 Å². The summed E-state index contributed by atoms with van der Waals surface area (Å²) in [4.78, 5) is 8.64. The predicted molar refractivity (Wildman–Crippen MR) is 112 cm³/mol. The lowest BCUT2D eigenvalue weighted by Crippen LogP contribution is -2.42. The summed E-state index contributed by atoms with van der Waals surface area (Å²) < 4.78 is 42.0. The first-order chi connectivity index (χ1) is 14.4. The zero-order chi connectivity index (χ0) is 21.3. The second kappa shape index (κ2) is 8.23. The van der Waals surface area contributed by atoms with Crippen LogP contribution in [0.15, 0.2) is 48.8 Å². The first kappa shape index (κ1) is 20.6. The van der Waals surface area contributed by atoms with Crippen LogP contribution in [0.1, 0.15) is 38.3 Å². The number of aromatic nitrogens is 4. The Bertz CT molecular complexity index is 1110. The third-order valence-electron chi connectivity index (χ3n) is 5.38. The minimum absolute atomic E-state index is 0.0437. The van der Waals surface area contributed by atoms with E-state index in [-0.39, 0.29) is 11.7 Å². The summed E-state index contributed by atoms with van der Waals surface area (Å²) in [5, 5.41) is 4.21. The molecule has 0 aliphatic carbocycles. The van der Waals surface area contributed by atoms with Gasteiger partial charge in [0, 0.05) is 37.0 Å². The van der Waals surface area contributed by atoms with Crippen molar-refractivity contribution in [2.75, 3.05) is 13.1 Å². The molecule has 0 bridgehead atoms. The van der Waals surface area contributed by atoms with Gasteiger partial charge >= 0.3 is 0 Å². The van der Waals surface area contributed by atoms with Gasteiger partial charge in [-0.15, -0.1) is 0 Å². The van der Waals surface area contributed by atoms with Gasteiger partial charge in [-0.1, -0.05) is 0 Å². The van der Waals surface area contributed by atoms with Gasteiger partial charge in [-0.05, 0) is 63.1 Å². The van der Waals surface area contributed by atoms with E-state index in [4.69, 9.17) is 0 Å². The van der Waals surface area contributed by atoms with Crippen molar-refractivity contribution in [2.24, 2.45) is 0 Å². The Morgan fingerprint density at radius 1 is 1.13 bits per heavy atom. The SMILES string of the molecule is CC(C)S(=O)(=O)N1CCCC(c2cc(-c3ccc(F)cc3)nn2-c2ncccn2)C1. The van der Waals surface area contributed by atoms with E-state index in [0.717, 1.165) is 24.1 Å². The molecule has 158 valence electrons. The summed E-state index contributed by atoms with van der Waals surface area (Å²) in [5.41, 5.74) is 2.29. The van der Waals surface area contributed by atoms with E-state index >= 15 is 0 Å². The second-order valence-electron chi connectivity index (χ2n) is 7.71. The standard InChI is InChI=1S/C21H24FN5O2S/c1-15(2)30(28,29)26-12-3-5-17(14-26)20-13-19(16-6-8-18(22)9-7-16)25-27(20)21-23-10-4-11-24-21/h4,6-11,13,15,17H,3,5,12,14H2,1-2H3. The van der Waals surface area contributed by atoms with Crippen molar-refractivity contribution in [2.45, 2.75) is 37.9 Å². The summed E-state index contributed by atoms with van der Waals surface area (Å²) >= 11 is 0. The molecular formula is C21H24FN5O2S. The van der Waals surface area contributed by atoms with Crippen molar-refractivity contribution in [3.05, 3.63) is 60.3 Å². The zero-order valence-corrected chi connectivity index (χ0v) is 17.8. The van der Waals surface area contributed by atoms with Crippen LogP contribution in [0.5, 0.6) is 0 Å². The molecule has 30 heavy (non-hydrogen) atoms. The number of sulfonamides is 1. The van der Waals surface area contributed by atoms with Gasteiger partial charge in [-0.25, -0.2) is 31.8 Å². The highest BCUT2D eigenvalue weighted by Gasteiger charge is 2.33. The Morgan fingerprint density at radius 2 is 1.83 bits per heavy atom. The summed E-state index contributed by atoms with van der Waals surface area (Å²) in [5.74, 6) is 0.0640. The molecule has 1 saturated heterocycles. The lowest BCUT2D eigenvalue weighted by Gasteiger charge is -2.33. The van der Waals surface area contributed by atoms with Crippen LogP contribution >= 0.6 is 0 Å². The molecule has 1 fully saturated rings. The van der Waals surface area contributed by atoms with Crippen molar-refractivity contribution >= 4 is 10.0 Å². The number of rotatable bonds is 5. The molecule has 9 heteroatoms. The largest absolute Gasteiger partial charge is 0.250 e. The van der Waals surface area contributed by atoms with Crippen LogP contribution in [0, 0.1) is 5.82 Å². The molecule has 7 nitrogen and oxygen atoms in total. The van der Waals surface area contributed by atoms with Crippen molar-refractivity contribution in [3.8, 4) is 17.2 Å². The summed E-state index contributed by atoms with van der Waals surface area (Å²) in [7, 11) is -3.34. The Morgan fingerprint density at radius 3 is 2.50 bits per heavy atom. The molecule has 4 rings (SSSR count). The Hall–Kier alpha value is -2.65. The van der Waals surface area contributed by atoms with Gasteiger partial charge in [-0.3, -0.25) is 0 Å². The van der Waals surface area contributed by atoms with Crippen LogP contribution in [0.3, 0.4) is 0 Å². The van der Waals surface area contributed by atoms with E-state index < -0.39 is 15.3 Å². The first-order valence-corrected chi connectivity index (χ1v) is 11.5. The number of hydrogen-bond donors (Lipinski definition) is 0. The fraction of sp³-hybridized carbons (Fsp3) is 0.381. The summed E-state index contributed by atoms with van der Waals surface area (Å²) in [6.07, 6.45) is 4.89. The number of nitrogens with zero attached hydrogens (tertiary/aromatic N) is 5. The molecule has 1 unspecified atom stereocenters. The lowest BCUT2D eigenvalue weighted by molar-refractivity contribution is 0.307. The third-order valence-corrected chi connectivity index (χ3v) is 7.62. The maximum absolute atomic E-state index is 13.4. The molecule has 3 aromatic rings. The van der Waals surface area contributed by atoms with Gasteiger partial charge in [-0.2, -0.15) is 5.10 Å². The topological polar surface area (TPSA) is 81.0 Å². The van der Waals surface area contributed by atoms with Crippen molar-refractivity contribution in [1.29, 1.82) is 0 Å². The summed E-state index contributed by atoms with van der Waals surface area (Å²) in [6, 6.07) is 9.79. The van der Waals surface area contributed by atoms with E-state index in [1.54, 1.807) is 53.4 Å². The van der Waals surface area contributed by atoms with Gasteiger partial charge < -0.3 is 0 Å². The molecule has 0 saturated carbocycles. The quantitative estimate of drug-likeness (QED) is 0.621. The molecule has 1 atom stereocenters. The van der Waals surface area contributed by atoms with Crippen molar-refractivity contribution < 1.29 is 12.8 Å². The highest BCUT2D eigenvalue weighted by molar-refractivity contribution is 7.89. The molecular weight excluding hydrogens is 405 g/mol. The van der Waals surface area contributed by atoms with Crippen LogP contribution in [0.4, 0.5) is 4.39 Å². The fourth-order valence-electron chi connectivity index (χ4n) is 3.72. The van der Waals surface area contributed by atoms with Crippen molar-refractivity contribution in [1.82, 2.24) is 24.1 Å². The number of hydrogen-bond acceptors (Lipinski definition) is 5. The molecule has 0 amide bonds. The highest BCUT2D eigenvalue weighted by atomic mass is 32.2. The van der Waals surface area contributed by atoms with E-state index in [2.05, 4.69) is 15.1 Å². The average molecular weight is 430 g/mol. The average Bonchev–Trinajstić information content (AvgIpc) is 3.20. The maximum atomic E-state index is 13.4. The molecule has 1 aromatic carbocycles. The molecule has 3 heterocycles. The monoisotopic (exact) mass is 429 g/mol. The number of halogens is 1. The number of piperidine rings is 1. The van der Waals surface area contributed by atoms with Crippen molar-refractivity contribution in [3.63, 3.8) is 0 Å². The van der Waals surface area contributed by atoms with Gasteiger partial charge in [0.05, 0.1) is 16.6 Å². The maximum Gasteiger partial charge on any atom is 0.250 e. The minimum atomic E-state index is -3.34. The van der Waals surface area contributed by atoms with Crippen LogP contribution in [-0.4, -0.2) is 50.8 Å². The fourth-order valence-corrected chi connectivity index (χ4v) is 5.09. The predicted octanol–water partition coefficient (Wildman–Crippen LogP) is 3.39. The number of benzene rings is 1. The highest BCUT2D eigenvalue weighted by Crippen LogP contribution is 2.32. The molecule has 0 radical (unpaired) electrons. The van der Waals surface area contributed by atoms with E-state index in [9.17, 15) is 12.8 Å². The van der Waals surface area contributed by atoms with Gasteiger partial charge in [0.1, 0.15) is 5.82 Å². The van der Waals surface area contributed by atoms with Crippen LogP contribution in [0.25, 0.3) is 17.2 Å². The molecule has 0 spiro atoms. The zero-order valence-electron chi connectivity index (χ0n) is 16.9. The Balaban J connectivity index is 1.75. The molecule has 0 N–H and O–H groups in total. The van der Waals surface area contributed by atoms with E-state index in [1.165, 1.54) is 12.1 Å². The smallest absolute Gasteiger partial charge is 0.220 e. The first-order valence-electron chi connectivity index (χ1n) is 9.98. The van der Waals surface area contributed by atoms with Crippen LogP contribution in [-0.2, 0) is 10.0 Å². The molecule has 1 aliphatic rings.